The highest BCUT2D eigenvalue weighted by Crippen LogP contribution is 2.45. The predicted octanol–water partition coefficient (Wildman–Crippen LogP) is 6.48. The average molecular weight is 513 g/mol. The van der Waals surface area contributed by atoms with Crippen molar-refractivity contribution in [2.24, 2.45) is 5.73 Å². The van der Waals surface area contributed by atoms with Crippen molar-refractivity contribution in [3.8, 4) is 29.1 Å². The molecule has 0 aromatic heterocycles. The summed E-state index contributed by atoms with van der Waals surface area (Å²) in [5.74, 6) is 0.986. The molecule has 0 aliphatic carbocycles. The molecule has 1 heterocycles. The van der Waals surface area contributed by atoms with E-state index >= 15 is 0 Å². The SMILES string of the molecule is CCCCCCCOc1ccc(C2C(C#N)=C(N)Oc3cc(OC(=O)c4ccccc4)ccc32)cc1OC. The van der Waals surface area contributed by atoms with Gasteiger partial charge in [-0.1, -0.05) is 62.9 Å². The summed E-state index contributed by atoms with van der Waals surface area (Å²) in [5, 5.41) is 9.91. The largest absolute Gasteiger partial charge is 0.493 e. The first kappa shape index (κ1) is 26.6. The Morgan fingerprint density at radius 2 is 1.79 bits per heavy atom. The Bertz CT molecular complexity index is 1340. The van der Waals surface area contributed by atoms with Crippen LogP contribution in [-0.2, 0) is 0 Å². The predicted molar refractivity (Wildman–Crippen MR) is 144 cm³/mol. The Hall–Kier alpha value is -4.44. The number of benzene rings is 3. The van der Waals surface area contributed by atoms with Crippen molar-refractivity contribution >= 4 is 5.97 Å². The molecule has 2 N–H and O–H groups in total. The third kappa shape index (κ3) is 6.09. The van der Waals surface area contributed by atoms with E-state index in [-0.39, 0.29) is 11.5 Å². The topological polar surface area (TPSA) is 104 Å². The summed E-state index contributed by atoms with van der Waals surface area (Å²) in [6.45, 7) is 2.81. The number of nitrogens with zero attached hydrogens (tertiary/aromatic N) is 1. The van der Waals surface area contributed by atoms with Crippen LogP contribution < -0.4 is 24.7 Å². The van der Waals surface area contributed by atoms with Crippen LogP contribution in [0.15, 0.2) is 78.2 Å². The fourth-order valence-corrected chi connectivity index (χ4v) is 4.45. The van der Waals surface area contributed by atoms with Gasteiger partial charge in [0.2, 0.25) is 5.88 Å². The number of carbonyl (C=O) groups excluding carboxylic acids is 1. The van der Waals surface area contributed by atoms with Crippen LogP contribution in [0.5, 0.6) is 23.0 Å². The van der Waals surface area contributed by atoms with Gasteiger partial charge in [-0.05, 0) is 42.3 Å². The minimum absolute atomic E-state index is 0.00269. The van der Waals surface area contributed by atoms with Gasteiger partial charge in [-0.25, -0.2) is 4.79 Å². The second-order valence-electron chi connectivity index (χ2n) is 9.05. The third-order valence-corrected chi connectivity index (χ3v) is 6.44. The van der Waals surface area contributed by atoms with Crippen LogP contribution in [0.1, 0.15) is 66.4 Å². The molecule has 1 unspecified atom stereocenters. The summed E-state index contributed by atoms with van der Waals surface area (Å²) in [7, 11) is 1.59. The van der Waals surface area contributed by atoms with E-state index in [9.17, 15) is 10.1 Å². The number of esters is 1. The smallest absolute Gasteiger partial charge is 0.343 e. The number of ether oxygens (including phenoxy) is 4. The van der Waals surface area contributed by atoms with Crippen molar-refractivity contribution in [1.82, 2.24) is 0 Å². The molecule has 0 amide bonds. The zero-order chi connectivity index (χ0) is 26.9. The summed E-state index contributed by atoms with van der Waals surface area (Å²) in [5.41, 5.74) is 8.41. The minimum atomic E-state index is -0.486. The van der Waals surface area contributed by atoms with Crippen molar-refractivity contribution in [2.75, 3.05) is 13.7 Å². The molecule has 7 nitrogen and oxygen atoms in total. The Labute approximate surface area is 223 Å². The Morgan fingerprint density at radius 3 is 2.53 bits per heavy atom. The maximum Gasteiger partial charge on any atom is 0.343 e. The second-order valence-corrected chi connectivity index (χ2v) is 9.05. The lowest BCUT2D eigenvalue weighted by atomic mass is 9.83. The van der Waals surface area contributed by atoms with Crippen LogP contribution in [0.4, 0.5) is 0 Å². The molecule has 3 aromatic rings. The monoisotopic (exact) mass is 512 g/mol. The number of nitrogens with two attached hydrogens (primary N) is 1. The van der Waals surface area contributed by atoms with Gasteiger partial charge in [-0.3, -0.25) is 0 Å². The summed E-state index contributed by atoms with van der Waals surface area (Å²) < 4.78 is 22.9. The first-order valence-electron chi connectivity index (χ1n) is 12.8. The van der Waals surface area contributed by atoms with Gasteiger partial charge in [0, 0.05) is 11.6 Å². The molecular weight excluding hydrogens is 480 g/mol. The number of methoxy groups -OCH3 is 1. The number of hydrogen-bond acceptors (Lipinski definition) is 7. The van der Waals surface area contributed by atoms with E-state index in [1.54, 1.807) is 49.6 Å². The minimum Gasteiger partial charge on any atom is -0.493 e. The third-order valence-electron chi connectivity index (χ3n) is 6.44. The molecule has 3 aromatic carbocycles. The van der Waals surface area contributed by atoms with Crippen molar-refractivity contribution in [3.63, 3.8) is 0 Å². The summed E-state index contributed by atoms with van der Waals surface area (Å²) in [6.07, 6.45) is 5.75. The number of unbranched alkanes of at least 4 members (excludes halogenated alkanes) is 4. The number of rotatable bonds is 11. The standard InChI is InChI=1S/C31H32N2O5/c1-3-4-5-6-10-17-36-26-16-13-22(18-28(26)35-2)29-24-15-14-23(19-27(24)38-30(33)25(29)20-32)37-31(34)21-11-8-7-9-12-21/h7-9,11-16,18-19,29H,3-6,10,17,33H2,1-2H3. The number of carbonyl (C=O) groups is 1. The molecule has 1 aliphatic heterocycles. The average Bonchev–Trinajstić information content (AvgIpc) is 2.94. The molecule has 0 fully saturated rings. The maximum atomic E-state index is 12.5. The fourth-order valence-electron chi connectivity index (χ4n) is 4.45. The van der Waals surface area contributed by atoms with Gasteiger partial charge < -0.3 is 24.7 Å². The molecule has 0 saturated heterocycles. The fraction of sp³-hybridized carbons (Fsp3) is 0.290. The quantitative estimate of drug-likeness (QED) is 0.178. The molecule has 4 rings (SSSR count). The first-order valence-corrected chi connectivity index (χ1v) is 12.8. The molecule has 0 radical (unpaired) electrons. The number of allylic oxidation sites excluding steroid dienone is 1. The highest BCUT2D eigenvalue weighted by molar-refractivity contribution is 5.91. The van der Waals surface area contributed by atoms with Crippen LogP contribution >= 0.6 is 0 Å². The Morgan fingerprint density at radius 1 is 1.00 bits per heavy atom. The van der Waals surface area contributed by atoms with E-state index in [1.165, 1.54) is 19.3 Å². The summed E-state index contributed by atoms with van der Waals surface area (Å²) in [6, 6.07) is 21.6. The van der Waals surface area contributed by atoms with Gasteiger partial charge in [0.15, 0.2) is 11.5 Å². The van der Waals surface area contributed by atoms with Crippen LogP contribution in [0.2, 0.25) is 0 Å². The molecule has 38 heavy (non-hydrogen) atoms. The van der Waals surface area contributed by atoms with E-state index in [1.807, 2.05) is 24.3 Å². The highest BCUT2D eigenvalue weighted by Gasteiger charge is 2.31. The summed E-state index contributed by atoms with van der Waals surface area (Å²) >= 11 is 0. The number of nitriles is 1. The van der Waals surface area contributed by atoms with Crippen LogP contribution in [-0.4, -0.2) is 19.7 Å². The van der Waals surface area contributed by atoms with Crippen LogP contribution in [0.25, 0.3) is 0 Å². The molecule has 0 spiro atoms. The molecular formula is C31H32N2O5. The van der Waals surface area contributed by atoms with Gasteiger partial charge in [-0.15, -0.1) is 0 Å². The normalized spacial score (nSPS) is 14.2. The maximum absolute atomic E-state index is 12.5. The van der Waals surface area contributed by atoms with Crippen LogP contribution in [0.3, 0.4) is 0 Å². The van der Waals surface area contributed by atoms with Crippen LogP contribution in [0, 0.1) is 11.3 Å². The van der Waals surface area contributed by atoms with Crippen molar-refractivity contribution in [3.05, 3.63) is 94.9 Å². The lowest BCUT2D eigenvalue weighted by Gasteiger charge is -2.27. The van der Waals surface area contributed by atoms with E-state index < -0.39 is 11.9 Å². The lowest BCUT2D eigenvalue weighted by Crippen LogP contribution is -2.21. The van der Waals surface area contributed by atoms with Crippen molar-refractivity contribution < 1.29 is 23.7 Å². The van der Waals surface area contributed by atoms with E-state index in [4.69, 9.17) is 24.7 Å². The Balaban J connectivity index is 1.57. The summed E-state index contributed by atoms with van der Waals surface area (Å²) in [4.78, 5) is 12.5. The molecule has 1 atom stereocenters. The van der Waals surface area contributed by atoms with Gasteiger partial charge in [0.05, 0.1) is 25.2 Å². The molecule has 7 heteroatoms. The highest BCUT2D eigenvalue weighted by atomic mass is 16.5. The zero-order valence-electron chi connectivity index (χ0n) is 21.7. The van der Waals surface area contributed by atoms with Gasteiger partial charge >= 0.3 is 5.97 Å². The van der Waals surface area contributed by atoms with E-state index in [0.29, 0.717) is 35.2 Å². The molecule has 1 aliphatic rings. The van der Waals surface area contributed by atoms with Gasteiger partial charge in [0.1, 0.15) is 23.1 Å². The number of hydrogen-bond donors (Lipinski definition) is 1. The van der Waals surface area contributed by atoms with E-state index in [0.717, 1.165) is 24.0 Å². The second kappa shape index (κ2) is 12.7. The zero-order valence-corrected chi connectivity index (χ0v) is 21.7. The number of fused-ring (bicyclic) bond motifs is 1. The van der Waals surface area contributed by atoms with Crippen molar-refractivity contribution in [1.29, 1.82) is 5.26 Å². The lowest BCUT2D eigenvalue weighted by molar-refractivity contribution is 0.0734. The van der Waals surface area contributed by atoms with E-state index in [2.05, 4.69) is 13.0 Å². The first-order chi connectivity index (χ1) is 18.5. The van der Waals surface area contributed by atoms with Gasteiger partial charge in [0.25, 0.3) is 0 Å². The molecule has 196 valence electrons. The molecule has 0 bridgehead atoms. The van der Waals surface area contributed by atoms with Gasteiger partial charge in [-0.2, -0.15) is 5.26 Å². The van der Waals surface area contributed by atoms with Crippen molar-refractivity contribution in [2.45, 2.75) is 44.9 Å². The molecule has 0 saturated carbocycles. The Kier molecular flexibility index (Phi) is 8.89.